The lowest BCUT2D eigenvalue weighted by Crippen LogP contribution is -2.58. The van der Waals surface area contributed by atoms with Crippen molar-refractivity contribution in [2.75, 3.05) is 20.2 Å². The summed E-state index contributed by atoms with van der Waals surface area (Å²) in [5.41, 5.74) is 0.305. The van der Waals surface area contributed by atoms with Crippen LogP contribution >= 0.6 is 0 Å². The summed E-state index contributed by atoms with van der Waals surface area (Å²) in [5, 5.41) is 9.64. The van der Waals surface area contributed by atoms with E-state index in [4.69, 9.17) is 14.8 Å². The van der Waals surface area contributed by atoms with Crippen LogP contribution < -0.4 is 14.8 Å². The number of hydrazone groups is 1. The molecule has 11 heteroatoms. The van der Waals surface area contributed by atoms with Crippen molar-refractivity contribution in [2.45, 2.75) is 121 Å². The molecule has 3 aliphatic heterocycles. The van der Waals surface area contributed by atoms with Crippen molar-refractivity contribution in [3.63, 3.8) is 0 Å². The van der Waals surface area contributed by atoms with E-state index < -0.39 is 27.6 Å². The monoisotopic (exact) mass is 588 g/mol. The van der Waals surface area contributed by atoms with Crippen molar-refractivity contribution in [3.8, 4) is 5.75 Å². The zero-order valence-corrected chi connectivity index (χ0v) is 26.8. The van der Waals surface area contributed by atoms with Crippen LogP contribution in [0.25, 0.3) is 0 Å². The number of amides is 1. The van der Waals surface area contributed by atoms with Gasteiger partial charge in [-0.1, -0.05) is 20.3 Å². The van der Waals surface area contributed by atoms with Gasteiger partial charge >= 0.3 is 0 Å². The average Bonchev–Trinajstić information content (AvgIpc) is 3.45. The van der Waals surface area contributed by atoms with E-state index in [0.717, 1.165) is 44.4 Å². The second-order valence-electron chi connectivity index (χ2n) is 13.2. The van der Waals surface area contributed by atoms with Gasteiger partial charge in [-0.25, -0.2) is 13.1 Å². The summed E-state index contributed by atoms with van der Waals surface area (Å²) in [7, 11) is -1.79. The Balaban J connectivity index is 1.70. The number of ether oxygens (including phenoxy) is 1. The van der Waals surface area contributed by atoms with Crippen LogP contribution in [0.4, 0.5) is 0 Å². The van der Waals surface area contributed by atoms with E-state index in [9.17, 15) is 13.2 Å². The van der Waals surface area contributed by atoms with E-state index in [1.165, 1.54) is 0 Å². The highest BCUT2D eigenvalue weighted by molar-refractivity contribution is 7.89. The number of carbonyl (C=O) groups is 1. The Morgan fingerprint density at radius 3 is 2.49 bits per heavy atom. The number of sulfonamides is 1. The molecule has 3 aliphatic rings. The number of nitrogens with one attached hydrogen (secondary N) is 2. The molecular weight excluding hydrogens is 540 g/mol. The third-order valence-electron chi connectivity index (χ3n) is 7.92. The molecule has 0 saturated carbocycles. The van der Waals surface area contributed by atoms with Gasteiger partial charge in [0, 0.05) is 11.6 Å². The van der Waals surface area contributed by atoms with E-state index in [1.807, 2.05) is 46.6 Å². The Bertz CT molecular complexity index is 1300. The summed E-state index contributed by atoms with van der Waals surface area (Å²) in [6.45, 7) is 15.5. The first-order valence-electron chi connectivity index (χ1n) is 14.9. The molecular formula is C30H48N6O4S. The normalized spacial score (nSPS) is 23.8. The molecule has 1 amide bonds. The van der Waals surface area contributed by atoms with Crippen molar-refractivity contribution in [1.29, 1.82) is 0 Å². The fraction of sp³-hybridized carbons (Fsp3) is 0.700. The first-order valence-corrected chi connectivity index (χ1v) is 16.4. The SMILES string of the molecule is CCCOc1ccc(S(=O)(=O)NC(C)(C)CC2CCCN2C)cc1C1=NC2C(CCC)=NN(C(C)(C)C)C2C(=O)N1. The summed E-state index contributed by atoms with van der Waals surface area (Å²) in [6.07, 6.45) is 5.28. The van der Waals surface area contributed by atoms with Crippen LogP contribution in [0.2, 0.25) is 0 Å². The van der Waals surface area contributed by atoms with Crippen LogP contribution in [0.3, 0.4) is 0 Å². The van der Waals surface area contributed by atoms with Crippen molar-refractivity contribution >= 4 is 27.5 Å². The van der Waals surface area contributed by atoms with Crippen LogP contribution in [0, 0.1) is 0 Å². The third-order valence-corrected chi connectivity index (χ3v) is 9.61. The van der Waals surface area contributed by atoms with Gasteiger partial charge in [0.25, 0.3) is 5.91 Å². The van der Waals surface area contributed by atoms with Gasteiger partial charge in [-0.15, -0.1) is 0 Å². The topological polar surface area (TPSA) is 116 Å². The minimum Gasteiger partial charge on any atom is -0.493 e. The molecule has 4 rings (SSSR count). The Kier molecular flexibility index (Phi) is 9.21. The zero-order valence-electron chi connectivity index (χ0n) is 26.0. The van der Waals surface area contributed by atoms with E-state index in [0.29, 0.717) is 36.2 Å². The second-order valence-corrected chi connectivity index (χ2v) is 14.9. The summed E-state index contributed by atoms with van der Waals surface area (Å²) >= 11 is 0. The van der Waals surface area contributed by atoms with Gasteiger partial charge < -0.3 is 15.0 Å². The summed E-state index contributed by atoms with van der Waals surface area (Å²) in [5.74, 6) is 0.583. The molecule has 0 aromatic heterocycles. The summed E-state index contributed by atoms with van der Waals surface area (Å²) in [4.78, 5) is 21.0. The van der Waals surface area contributed by atoms with Gasteiger partial charge in [-0.2, -0.15) is 5.10 Å². The highest BCUT2D eigenvalue weighted by Crippen LogP contribution is 2.33. The Morgan fingerprint density at radius 1 is 1.15 bits per heavy atom. The molecule has 41 heavy (non-hydrogen) atoms. The number of fused-ring (bicyclic) bond motifs is 1. The molecule has 3 unspecified atom stereocenters. The van der Waals surface area contributed by atoms with E-state index in [-0.39, 0.29) is 16.3 Å². The highest BCUT2D eigenvalue weighted by atomic mass is 32.2. The molecule has 0 bridgehead atoms. The lowest BCUT2D eigenvalue weighted by molar-refractivity contribution is -0.127. The van der Waals surface area contributed by atoms with E-state index >= 15 is 0 Å². The molecule has 3 atom stereocenters. The fourth-order valence-electron chi connectivity index (χ4n) is 5.99. The maximum atomic E-state index is 13.7. The standard InChI is InChI=1S/C30H48N6O4S/c1-9-12-23-25-26(36(33-23)29(3,4)5)28(37)32-27(31-25)22-18-21(14-15-24(22)40-17-10-2)41(38,39)34-30(6,7)19-20-13-11-16-35(20)8/h14-15,18,20,25-26,34H,9-13,16-17,19H2,1-8H3,(H,31,32,37). The first-order chi connectivity index (χ1) is 19.2. The smallest absolute Gasteiger partial charge is 0.252 e. The lowest BCUT2D eigenvalue weighted by atomic mass is 9.95. The van der Waals surface area contributed by atoms with Gasteiger partial charge in [0.1, 0.15) is 17.6 Å². The summed E-state index contributed by atoms with van der Waals surface area (Å²) < 4.78 is 36.3. The second kappa shape index (κ2) is 12.0. The maximum absolute atomic E-state index is 13.7. The average molecular weight is 589 g/mol. The molecule has 228 valence electrons. The predicted octanol–water partition coefficient (Wildman–Crippen LogP) is 3.90. The molecule has 0 aliphatic carbocycles. The number of likely N-dealkylation sites (tertiary alicyclic amines) is 1. The molecule has 2 N–H and O–H groups in total. The van der Waals surface area contributed by atoms with E-state index in [1.54, 1.807) is 18.2 Å². The number of nitrogens with zero attached hydrogens (tertiary/aromatic N) is 4. The molecule has 1 saturated heterocycles. The van der Waals surface area contributed by atoms with Crippen molar-refractivity contribution in [3.05, 3.63) is 23.8 Å². The Hall–Kier alpha value is -2.50. The summed E-state index contributed by atoms with van der Waals surface area (Å²) in [6, 6.07) is 4.13. The number of hydrogen-bond acceptors (Lipinski definition) is 8. The molecule has 3 heterocycles. The number of rotatable bonds is 11. The first kappa shape index (κ1) is 31.4. The Morgan fingerprint density at radius 2 is 1.88 bits per heavy atom. The number of carbonyl (C=O) groups excluding carboxylic acids is 1. The zero-order chi connectivity index (χ0) is 30.2. The maximum Gasteiger partial charge on any atom is 0.252 e. The van der Waals surface area contributed by atoms with Crippen molar-refractivity contribution in [2.24, 2.45) is 10.1 Å². The van der Waals surface area contributed by atoms with Gasteiger partial charge in [-0.3, -0.25) is 14.8 Å². The largest absolute Gasteiger partial charge is 0.493 e. The molecule has 1 aromatic rings. The van der Waals surface area contributed by atoms with Crippen LogP contribution in [-0.2, 0) is 14.8 Å². The van der Waals surface area contributed by atoms with Gasteiger partial charge in [-0.05, 0) is 98.5 Å². The van der Waals surface area contributed by atoms with Gasteiger partial charge in [0.2, 0.25) is 10.0 Å². The molecule has 0 radical (unpaired) electrons. The lowest BCUT2D eigenvalue weighted by Gasteiger charge is -2.37. The minimum atomic E-state index is -3.88. The molecule has 1 fully saturated rings. The van der Waals surface area contributed by atoms with Gasteiger partial charge in [0.05, 0.1) is 28.3 Å². The fourth-order valence-corrected chi connectivity index (χ4v) is 7.43. The highest BCUT2D eigenvalue weighted by Gasteiger charge is 2.48. The van der Waals surface area contributed by atoms with Crippen molar-refractivity contribution in [1.82, 2.24) is 19.9 Å². The molecule has 0 spiro atoms. The third kappa shape index (κ3) is 6.94. The van der Waals surface area contributed by atoms with Crippen LogP contribution in [-0.4, -0.2) is 85.2 Å². The van der Waals surface area contributed by atoms with Crippen molar-refractivity contribution < 1.29 is 17.9 Å². The van der Waals surface area contributed by atoms with Crippen LogP contribution in [0.15, 0.2) is 33.2 Å². The number of amidine groups is 1. The number of benzene rings is 1. The number of aliphatic imine (C=N–C) groups is 1. The quantitative estimate of drug-likeness (QED) is 0.405. The minimum absolute atomic E-state index is 0.105. The molecule has 10 nitrogen and oxygen atoms in total. The Labute approximate surface area is 246 Å². The predicted molar refractivity (Wildman–Crippen MR) is 163 cm³/mol. The molecule has 1 aromatic carbocycles. The van der Waals surface area contributed by atoms with E-state index in [2.05, 4.69) is 28.9 Å². The number of hydrogen-bond donors (Lipinski definition) is 2. The van der Waals surface area contributed by atoms with Crippen LogP contribution in [0.1, 0.15) is 92.6 Å². The van der Waals surface area contributed by atoms with Gasteiger partial charge in [0.15, 0.2) is 6.04 Å². The van der Waals surface area contributed by atoms with Crippen LogP contribution in [0.5, 0.6) is 5.75 Å².